The maximum Gasteiger partial charge on any atom is 0.295 e. The molecule has 0 spiro atoms. The quantitative estimate of drug-likeness (QED) is 0.335. The summed E-state index contributed by atoms with van der Waals surface area (Å²) in [5.41, 5.74) is 1.13. The number of methoxy groups -OCH3 is 2. The first kappa shape index (κ1) is 24.3. The van der Waals surface area contributed by atoms with Crippen molar-refractivity contribution in [2.45, 2.75) is 26.3 Å². The Morgan fingerprint density at radius 2 is 1.73 bits per heavy atom. The maximum absolute atomic E-state index is 13.2. The minimum Gasteiger partial charge on any atom is -0.507 e. The van der Waals surface area contributed by atoms with Crippen LogP contribution in [0.1, 0.15) is 37.4 Å². The minimum absolute atomic E-state index is 0.0561. The Morgan fingerprint density at radius 3 is 2.33 bits per heavy atom. The molecule has 1 aliphatic rings. The fourth-order valence-corrected chi connectivity index (χ4v) is 4.24. The number of likely N-dealkylation sites (tertiary alicyclic amines) is 1. The number of hydrogen-bond acceptors (Lipinski definition) is 6. The topological polar surface area (TPSA) is 79.3 Å². The fourth-order valence-electron chi connectivity index (χ4n) is 4.24. The van der Waals surface area contributed by atoms with Gasteiger partial charge in [0.15, 0.2) is 0 Å². The van der Waals surface area contributed by atoms with Crippen LogP contribution in [0.4, 0.5) is 0 Å². The second-order valence-corrected chi connectivity index (χ2v) is 7.85. The summed E-state index contributed by atoms with van der Waals surface area (Å²) in [6, 6.07) is 13.3. The molecule has 1 aliphatic heterocycles. The van der Waals surface area contributed by atoms with Crippen molar-refractivity contribution in [3.63, 3.8) is 0 Å². The predicted octanol–water partition coefficient (Wildman–Crippen LogP) is 3.86. The highest BCUT2D eigenvalue weighted by atomic mass is 16.5. The standard InChI is InChI=1S/C26H32N2O5/c1-5-27(6-2)15-10-16-28-23(20-17-19(32-3)13-14-21(20)33-4)22(25(30)26(28)31)24(29)18-11-8-7-9-12-18/h7-9,11-14,17,23,29H,5-6,10,15-16H2,1-4H3/t23-/m1/s1. The zero-order valence-corrected chi connectivity index (χ0v) is 19.7. The van der Waals surface area contributed by atoms with Gasteiger partial charge in [0, 0.05) is 17.7 Å². The molecule has 1 N–H and O–H groups in total. The highest BCUT2D eigenvalue weighted by molar-refractivity contribution is 6.46. The predicted molar refractivity (Wildman–Crippen MR) is 127 cm³/mol. The van der Waals surface area contributed by atoms with E-state index in [1.165, 1.54) is 12.0 Å². The average molecular weight is 453 g/mol. The molecule has 7 heteroatoms. The van der Waals surface area contributed by atoms with Crippen molar-refractivity contribution in [3.05, 3.63) is 65.2 Å². The molecule has 1 atom stereocenters. The highest BCUT2D eigenvalue weighted by Crippen LogP contribution is 2.43. The van der Waals surface area contributed by atoms with E-state index in [1.54, 1.807) is 49.6 Å². The molecule has 0 aliphatic carbocycles. The van der Waals surface area contributed by atoms with Gasteiger partial charge in [-0.15, -0.1) is 0 Å². The number of nitrogens with zero attached hydrogens (tertiary/aromatic N) is 2. The number of Topliss-reactive ketones (excluding diaryl/α,β-unsaturated/α-hetero) is 1. The molecule has 0 aromatic heterocycles. The van der Waals surface area contributed by atoms with E-state index in [4.69, 9.17) is 9.47 Å². The Hall–Kier alpha value is -3.32. The van der Waals surface area contributed by atoms with Crippen LogP contribution in [-0.2, 0) is 9.59 Å². The maximum atomic E-state index is 13.2. The summed E-state index contributed by atoms with van der Waals surface area (Å²) in [7, 11) is 3.09. The number of carbonyl (C=O) groups is 2. The van der Waals surface area contributed by atoms with Crippen molar-refractivity contribution in [2.24, 2.45) is 0 Å². The third-order valence-electron chi connectivity index (χ3n) is 6.09. The number of amides is 1. The van der Waals surface area contributed by atoms with Crippen LogP contribution >= 0.6 is 0 Å². The van der Waals surface area contributed by atoms with Crippen LogP contribution < -0.4 is 9.47 Å². The molecule has 176 valence electrons. The Labute approximate surface area is 195 Å². The number of benzene rings is 2. The van der Waals surface area contributed by atoms with Gasteiger partial charge in [0.25, 0.3) is 11.7 Å². The van der Waals surface area contributed by atoms with Gasteiger partial charge in [-0.1, -0.05) is 44.2 Å². The lowest BCUT2D eigenvalue weighted by molar-refractivity contribution is -0.140. The van der Waals surface area contributed by atoms with E-state index in [-0.39, 0.29) is 11.3 Å². The molecule has 7 nitrogen and oxygen atoms in total. The average Bonchev–Trinajstić information content (AvgIpc) is 3.11. The van der Waals surface area contributed by atoms with Crippen LogP contribution in [0.15, 0.2) is 54.1 Å². The lowest BCUT2D eigenvalue weighted by atomic mass is 9.94. The summed E-state index contributed by atoms with van der Waals surface area (Å²) in [5, 5.41) is 11.1. The monoisotopic (exact) mass is 452 g/mol. The zero-order chi connectivity index (χ0) is 24.0. The van der Waals surface area contributed by atoms with Gasteiger partial charge in [-0.05, 0) is 44.3 Å². The van der Waals surface area contributed by atoms with Gasteiger partial charge in [-0.2, -0.15) is 0 Å². The van der Waals surface area contributed by atoms with Crippen LogP contribution in [-0.4, -0.2) is 67.0 Å². The van der Waals surface area contributed by atoms with Gasteiger partial charge in [0.05, 0.1) is 25.8 Å². The number of aliphatic hydroxyl groups excluding tert-OH is 1. The Balaban J connectivity index is 2.11. The van der Waals surface area contributed by atoms with Crippen molar-refractivity contribution in [2.75, 3.05) is 40.4 Å². The van der Waals surface area contributed by atoms with Crippen molar-refractivity contribution in [3.8, 4) is 11.5 Å². The number of ketones is 1. The first-order chi connectivity index (χ1) is 16.0. The van der Waals surface area contributed by atoms with Gasteiger partial charge in [-0.3, -0.25) is 9.59 Å². The molecule has 2 aromatic carbocycles. The number of ether oxygens (including phenoxy) is 2. The van der Waals surface area contributed by atoms with Gasteiger partial charge in [-0.25, -0.2) is 0 Å². The first-order valence-electron chi connectivity index (χ1n) is 11.2. The van der Waals surface area contributed by atoms with E-state index in [1.807, 2.05) is 6.07 Å². The van der Waals surface area contributed by atoms with Crippen molar-refractivity contribution in [1.29, 1.82) is 0 Å². The molecule has 3 rings (SSSR count). The largest absolute Gasteiger partial charge is 0.507 e. The van der Waals surface area contributed by atoms with E-state index < -0.39 is 17.7 Å². The number of aliphatic hydroxyl groups is 1. The number of rotatable bonds is 10. The summed E-state index contributed by atoms with van der Waals surface area (Å²) >= 11 is 0. The van der Waals surface area contributed by atoms with Gasteiger partial charge in [0.1, 0.15) is 17.3 Å². The molecule has 0 radical (unpaired) electrons. The van der Waals surface area contributed by atoms with Gasteiger partial charge in [0.2, 0.25) is 0 Å². The summed E-state index contributed by atoms with van der Waals surface area (Å²) < 4.78 is 11.0. The molecule has 33 heavy (non-hydrogen) atoms. The van der Waals surface area contributed by atoms with E-state index in [0.29, 0.717) is 35.6 Å². The normalized spacial score (nSPS) is 17.6. The molecule has 0 bridgehead atoms. The molecule has 1 saturated heterocycles. The minimum atomic E-state index is -0.785. The summed E-state index contributed by atoms with van der Waals surface area (Å²) in [4.78, 5) is 30.1. The Bertz CT molecular complexity index is 1010. The SMILES string of the molecule is CCN(CC)CCCN1C(=O)C(=O)C(=C(O)c2ccccc2)[C@H]1c1cc(OC)ccc1OC. The van der Waals surface area contributed by atoms with E-state index in [0.717, 1.165) is 19.6 Å². The molecule has 1 fully saturated rings. The van der Waals surface area contributed by atoms with Crippen LogP contribution in [0.5, 0.6) is 11.5 Å². The van der Waals surface area contributed by atoms with E-state index in [2.05, 4.69) is 18.7 Å². The molecule has 0 saturated carbocycles. The smallest absolute Gasteiger partial charge is 0.295 e. The number of hydrogen-bond donors (Lipinski definition) is 1. The molecule has 1 heterocycles. The third kappa shape index (κ3) is 5.03. The van der Waals surface area contributed by atoms with Gasteiger partial charge >= 0.3 is 0 Å². The summed E-state index contributed by atoms with van der Waals surface area (Å²) in [5.74, 6) is -0.444. The van der Waals surface area contributed by atoms with Crippen LogP contribution in [0.3, 0.4) is 0 Å². The second kappa shape index (κ2) is 11.0. The molecule has 0 unspecified atom stereocenters. The van der Waals surface area contributed by atoms with Crippen LogP contribution in [0.2, 0.25) is 0 Å². The first-order valence-corrected chi connectivity index (χ1v) is 11.2. The summed E-state index contributed by atoms with van der Waals surface area (Å²) in [6.07, 6.45) is 0.697. The van der Waals surface area contributed by atoms with Gasteiger partial charge < -0.3 is 24.4 Å². The van der Waals surface area contributed by atoms with E-state index in [9.17, 15) is 14.7 Å². The lowest BCUT2D eigenvalue weighted by Crippen LogP contribution is -2.33. The Kier molecular flexibility index (Phi) is 8.11. The number of carbonyl (C=O) groups excluding carboxylic acids is 2. The van der Waals surface area contributed by atoms with Crippen molar-refractivity contribution >= 4 is 17.4 Å². The molecule has 1 amide bonds. The van der Waals surface area contributed by atoms with Crippen molar-refractivity contribution in [1.82, 2.24) is 9.80 Å². The Morgan fingerprint density at radius 1 is 1.03 bits per heavy atom. The third-order valence-corrected chi connectivity index (χ3v) is 6.09. The fraction of sp³-hybridized carbons (Fsp3) is 0.385. The van der Waals surface area contributed by atoms with Crippen LogP contribution in [0.25, 0.3) is 5.76 Å². The van der Waals surface area contributed by atoms with Crippen LogP contribution in [0, 0.1) is 0 Å². The van der Waals surface area contributed by atoms with E-state index >= 15 is 0 Å². The molecular weight excluding hydrogens is 420 g/mol. The zero-order valence-electron chi connectivity index (χ0n) is 19.7. The molecule has 2 aromatic rings. The summed E-state index contributed by atoms with van der Waals surface area (Å²) in [6.45, 7) is 7.19. The lowest BCUT2D eigenvalue weighted by Gasteiger charge is -2.28. The highest BCUT2D eigenvalue weighted by Gasteiger charge is 2.47. The van der Waals surface area contributed by atoms with Crippen molar-refractivity contribution < 1.29 is 24.2 Å². The second-order valence-electron chi connectivity index (χ2n) is 7.85. The molecular formula is C26H32N2O5.